The predicted molar refractivity (Wildman–Crippen MR) is 91.4 cm³/mol. The van der Waals surface area contributed by atoms with Crippen LogP contribution in [0.15, 0.2) is 59.6 Å². The molecule has 3 aromatic rings. The maximum Gasteiger partial charge on any atom is 0.241 e. The van der Waals surface area contributed by atoms with Gasteiger partial charge in [0.25, 0.3) is 0 Å². The molecule has 2 N–H and O–H groups in total. The molecule has 4 nitrogen and oxygen atoms in total. The lowest BCUT2D eigenvalue weighted by Gasteiger charge is -2.11. The second-order valence-corrected chi connectivity index (χ2v) is 7.18. The molecule has 128 valence electrons. The van der Waals surface area contributed by atoms with Gasteiger partial charge in [-0.05, 0) is 35.9 Å². The van der Waals surface area contributed by atoms with E-state index in [1.807, 2.05) is 0 Å². The van der Waals surface area contributed by atoms with Gasteiger partial charge in [0, 0.05) is 22.3 Å². The SMILES string of the molecule is NS(=O)(=O)c1cc(F)c(-c2ncccc2-c2ccc(Cl)cc2)cc1F. The third-order valence-corrected chi connectivity index (χ3v) is 4.72. The van der Waals surface area contributed by atoms with Crippen molar-refractivity contribution in [1.82, 2.24) is 4.98 Å². The molecule has 0 aliphatic heterocycles. The van der Waals surface area contributed by atoms with Gasteiger partial charge in [-0.25, -0.2) is 22.3 Å². The molecule has 0 atom stereocenters. The zero-order valence-electron chi connectivity index (χ0n) is 12.6. The summed E-state index contributed by atoms with van der Waals surface area (Å²) in [5.74, 6) is -2.09. The number of pyridine rings is 1. The van der Waals surface area contributed by atoms with Gasteiger partial charge in [-0.1, -0.05) is 29.8 Å². The van der Waals surface area contributed by atoms with Crippen LogP contribution in [0.25, 0.3) is 22.4 Å². The van der Waals surface area contributed by atoms with E-state index in [1.165, 1.54) is 6.20 Å². The number of rotatable bonds is 3. The molecule has 0 saturated carbocycles. The van der Waals surface area contributed by atoms with Crippen LogP contribution in [0.3, 0.4) is 0 Å². The van der Waals surface area contributed by atoms with E-state index >= 15 is 0 Å². The molecule has 0 radical (unpaired) electrons. The monoisotopic (exact) mass is 380 g/mol. The highest BCUT2D eigenvalue weighted by Gasteiger charge is 2.21. The second-order valence-electron chi connectivity index (χ2n) is 5.21. The fraction of sp³-hybridized carbons (Fsp3) is 0. The van der Waals surface area contributed by atoms with Crippen molar-refractivity contribution in [2.24, 2.45) is 5.14 Å². The first-order valence-corrected chi connectivity index (χ1v) is 8.93. The number of benzene rings is 2. The van der Waals surface area contributed by atoms with Gasteiger partial charge in [0.2, 0.25) is 10.0 Å². The van der Waals surface area contributed by atoms with Crippen molar-refractivity contribution in [3.63, 3.8) is 0 Å². The zero-order chi connectivity index (χ0) is 18.2. The van der Waals surface area contributed by atoms with Gasteiger partial charge in [0.1, 0.15) is 16.5 Å². The summed E-state index contributed by atoms with van der Waals surface area (Å²) in [7, 11) is -4.37. The molecule has 8 heteroatoms. The zero-order valence-corrected chi connectivity index (χ0v) is 14.2. The molecule has 0 fully saturated rings. The Balaban J connectivity index is 2.22. The largest absolute Gasteiger partial charge is 0.255 e. The Labute approximate surface area is 148 Å². The van der Waals surface area contributed by atoms with Crippen LogP contribution in [-0.2, 0) is 10.0 Å². The lowest BCUT2D eigenvalue weighted by Crippen LogP contribution is -2.14. The Morgan fingerprint density at radius 1 is 0.960 bits per heavy atom. The fourth-order valence-corrected chi connectivity index (χ4v) is 3.13. The smallest absolute Gasteiger partial charge is 0.241 e. The van der Waals surface area contributed by atoms with Crippen LogP contribution in [0.1, 0.15) is 0 Å². The molecule has 2 aromatic carbocycles. The summed E-state index contributed by atoms with van der Waals surface area (Å²) in [5.41, 5.74) is 1.24. The van der Waals surface area contributed by atoms with Crippen molar-refractivity contribution in [2.45, 2.75) is 4.90 Å². The third kappa shape index (κ3) is 3.53. The molecule has 1 aromatic heterocycles. The minimum Gasteiger partial charge on any atom is -0.255 e. The van der Waals surface area contributed by atoms with E-state index in [2.05, 4.69) is 4.98 Å². The minimum atomic E-state index is -4.37. The Morgan fingerprint density at radius 3 is 2.28 bits per heavy atom. The third-order valence-electron chi connectivity index (χ3n) is 3.55. The molecule has 0 unspecified atom stereocenters. The molecule has 0 aliphatic carbocycles. The van der Waals surface area contributed by atoms with E-state index in [0.29, 0.717) is 22.2 Å². The lowest BCUT2D eigenvalue weighted by atomic mass is 9.99. The number of halogens is 3. The van der Waals surface area contributed by atoms with Gasteiger partial charge in [0.15, 0.2) is 0 Å². The summed E-state index contributed by atoms with van der Waals surface area (Å²) in [6, 6.07) is 11.4. The molecular weight excluding hydrogens is 370 g/mol. The van der Waals surface area contributed by atoms with Gasteiger partial charge in [-0.15, -0.1) is 0 Å². The molecule has 25 heavy (non-hydrogen) atoms. The summed E-state index contributed by atoms with van der Waals surface area (Å²) in [6.45, 7) is 0. The molecule has 0 bridgehead atoms. The van der Waals surface area contributed by atoms with E-state index in [4.69, 9.17) is 16.7 Å². The van der Waals surface area contributed by atoms with Gasteiger partial charge in [0.05, 0.1) is 5.69 Å². The first-order valence-electron chi connectivity index (χ1n) is 7.00. The number of nitrogens with two attached hydrogens (primary N) is 1. The molecule has 3 rings (SSSR count). The highest BCUT2D eigenvalue weighted by molar-refractivity contribution is 7.89. The summed E-state index contributed by atoms with van der Waals surface area (Å²) in [4.78, 5) is 3.22. The van der Waals surface area contributed by atoms with Gasteiger partial charge in [-0.2, -0.15) is 0 Å². The normalized spacial score (nSPS) is 11.5. The maximum absolute atomic E-state index is 14.5. The number of sulfonamides is 1. The van der Waals surface area contributed by atoms with Crippen LogP contribution >= 0.6 is 11.6 Å². The minimum absolute atomic E-state index is 0.169. The van der Waals surface area contributed by atoms with Crippen molar-refractivity contribution in [3.05, 3.63) is 71.4 Å². The molecule has 1 heterocycles. The van der Waals surface area contributed by atoms with E-state index in [-0.39, 0.29) is 11.3 Å². The highest BCUT2D eigenvalue weighted by atomic mass is 35.5. The molecule has 0 aliphatic rings. The maximum atomic E-state index is 14.5. The van der Waals surface area contributed by atoms with Crippen LogP contribution in [0.4, 0.5) is 8.78 Å². The predicted octanol–water partition coefficient (Wildman–Crippen LogP) is 3.99. The number of hydrogen-bond donors (Lipinski definition) is 1. The van der Waals surface area contributed by atoms with Crippen molar-refractivity contribution in [1.29, 1.82) is 0 Å². The van der Waals surface area contributed by atoms with Crippen molar-refractivity contribution >= 4 is 21.6 Å². The summed E-state index contributed by atoms with van der Waals surface area (Å²) in [6.07, 6.45) is 1.43. The standard InChI is InChI=1S/C17H11ClF2N2O2S/c18-11-5-3-10(4-6-11)12-2-1-7-22-17(12)13-8-15(20)16(9-14(13)19)25(21,23)24/h1-9H,(H2,21,23,24). The highest BCUT2D eigenvalue weighted by Crippen LogP contribution is 2.33. The van der Waals surface area contributed by atoms with Gasteiger partial charge < -0.3 is 0 Å². The Morgan fingerprint density at radius 2 is 1.64 bits per heavy atom. The van der Waals surface area contributed by atoms with E-state index in [0.717, 1.165) is 6.07 Å². The van der Waals surface area contributed by atoms with Crippen molar-refractivity contribution < 1.29 is 17.2 Å². The number of primary sulfonamides is 1. The van der Waals surface area contributed by atoms with E-state index < -0.39 is 26.6 Å². The molecular formula is C17H11ClF2N2O2S. The molecule has 0 amide bonds. The van der Waals surface area contributed by atoms with Crippen molar-refractivity contribution in [2.75, 3.05) is 0 Å². The van der Waals surface area contributed by atoms with E-state index in [9.17, 15) is 17.2 Å². The number of aromatic nitrogens is 1. The number of hydrogen-bond acceptors (Lipinski definition) is 3. The van der Waals surface area contributed by atoms with Gasteiger partial charge in [-0.3, -0.25) is 4.98 Å². The van der Waals surface area contributed by atoms with Crippen LogP contribution in [0.2, 0.25) is 5.02 Å². The topological polar surface area (TPSA) is 73.1 Å². The van der Waals surface area contributed by atoms with Crippen molar-refractivity contribution in [3.8, 4) is 22.4 Å². The van der Waals surface area contributed by atoms with Crippen LogP contribution in [0.5, 0.6) is 0 Å². The summed E-state index contributed by atoms with van der Waals surface area (Å²) in [5, 5.41) is 5.42. The average Bonchev–Trinajstić information content (AvgIpc) is 2.56. The van der Waals surface area contributed by atoms with Crippen LogP contribution in [0, 0.1) is 11.6 Å². The molecule has 0 saturated heterocycles. The number of nitrogens with zero attached hydrogens (tertiary/aromatic N) is 1. The van der Waals surface area contributed by atoms with Gasteiger partial charge >= 0.3 is 0 Å². The second kappa shape index (κ2) is 6.51. The van der Waals surface area contributed by atoms with Crippen LogP contribution < -0.4 is 5.14 Å². The first-order chi connectivity index (χ1) is 11.8. The quantitative estimate of drug-likeness (QED) is 0.746. The summed E-state index contributed by atoms with van der Waals surface area (Å²) >= 11 is 5.87. The van der Waals surface area contributed by atoms with E-state index in [1.54, 1.807) is 36.4 Å². The molecule has 0 spiro atoms. The Kier molecular flexibility index (Phi) is 4.55. The Bertz CT molecular complexity index is 1050. The summed E-state index contributed by atoms with van der Waals surface area (Å²) < 4.78 is 51.2. The first kappa shape index (κ1) is 17.5. The lowest BCUT2D eigenvalue weighted by molar-refractivity contribution is 0.555. The van der Waals surface area contributed by atoms with Crippen LogP contribution in [-0.4, -0.2) is 13.4 Å². The average molecular weight is 381 g/mol. The Hall–Kier alpha value is -2.35. The fourth-order valence-electron chi connectivity index (χ4n) is 2.41.